The van der Waals surface area contributed by atoms with Crippen LogP contribution in [0.15, 0.2) is 102 Å². The van der Waals surface area contributed by atoms with Gasteiger partial charge in [0.1, 0.15) is 34.8 Å². The number of anilines is 1. The molecule has 0 spiro atoms. The summed E-state index contributed by atoms with van der Waals surface area (Å²) in [5.41, 5.74) is 4.50. The molecule has 182 valence electrons. The van der Waals surface area contributed by atoms with Gasteiger partial charge in [-0.3, -0.25) is 0 Å². The molecule has 0 bridgehead atoms. The number of nitrogens with one attached hydrogen (secondary N) is 1. The number of hydrogen-bond donors (Lipinski definition) is 2. The second-order valence-corrected chi connectivity index (χ2v) is 8.54. The Morgan fingerprint density at radius 1 is 0.833 bits per heavy atom. The van der Waals surface area contributed by atoms with Crippen LogP contribution >= 0.6 is 0 Å². The number of nitrogens with zero attached hydrogens (tertiary/aromatic N) is 1. The highest BCUT2D eigenvalue weighted by molar-refractivity contribution is 6.05. The van der Waals surface area contributed by atoms with Gasteiger partial charge in [0.15, 0.2) is 0 Å². The molecule has 2 N–H and O–H groups in total. The average Bonchev–Trinajstić information content (AvgIpc) is 3.09. The van der Waals surface area contributed by atoms with E-state index >= 15 is 0 Å². The predicted molar refractivity (Wildman–Crippen MR) is 142 cm³/mol. The van der Waals surface area contributed by atoms with Gasteiger partial charge in [0.25, 0.3) is 0 Å². The summed E-state index contributed by atoms with van der Waals surface area (Å²) in [4.78, 5) is 5.10. The molecule has 0 aromatic heterocycles. The standard InChI is InChI=1S/C30H28N2O4/c1-34-24-16-12-22(13-17-24)31-19-26-29(20-10-14-23(33)15-11-20)32-27-8-3-4-9-28(27)36-30(26)21-6-5-7-25(18-21)35-2/h3-18,26,30-31,33H,19H2,1-2H3. The van der Waals surface area contributed by atoms with E-state index in [-0.39, 0.29) is 17.8 Å². The minimum Gasteiger partial charge on any atom is -0.508 e. The molecule has 6 nitrogen and oxygen atoms in total. The molecule has 2 unspecified atom stereocenters. The maximum absolute atomic E-state index is 9.92. The van der Waals surface area contributed by atoms with Crippen molar-refractivity contribution in [3.05, 3.63) is 108 Å². The third-order valence-electron chi connectivity index (χ3n) is 6.28. The summed E-state index contributed by atoms with van der Waals surface area (Å²) in [6.07, 6.45) is -0.345. The second kappa shape index (κ2) is 10.4. The number of aromatic hydroxyl groups is 1. The van der Waals surface area contributed by atoms with Crippen molar-refractivity contribution in [2.45, 2.75) is 6.10 Å². The molecule has 5 rings (SSSR count). The van der Waals surface area contributed by atoms with Gasteiger partial charge in [-0.05, 0) is 83.9 Å². The van der Waals surface area contributed by atoms with Crippen molar-refractivity contribution < 1.29 is 19.3 Å². The molecular weight excluding hydrogens is 452 g/mol. The Hall–Kier alpha value is -4.45. The van der Waals surface area contributed by atoms with Gasteiger partial charge in [-0.25, -0.2) is 4.99 Å². The number of rotatable bonds is 7. The Balaban J connectivity index is 1.60. The summed E-state index contributed by atoms with van der Waals surface area (Å²) in [6.45, 7) is 0.557. The summed E-state index contributed by atoms with van der Waals surface area (Å²) in [5, 5.41) is 13.5. The monoisotopic (exact) mass is 480 g/mol. The SMILES string of the molecule is COc1ccc(NCC2C(c3ccc(O)cc3)=Nc3ccccc3OC2c2cccc(OC)c2)cc1. The maximum Gasteiger partial charge on any atom is 0.145 e. The first kappa shape index (κ1) is 23.3. The fraction of sp³-hybridized carbons (Fsp3) is 0.167. The zero-order valence-electron chi connectivity index (χ0n) is 20.2. The molecule has 1 heterocycles. The average molecular weight is 481 g/mol. The van der Waals surface area contributed by atoms with Crippen LogP contribution < -0.4 is 19.5 Å². The highest BCUT2D eigenvalue weighted by Gasteiger charge is 2.34. The van der Waals surface area contributed by atoms with E-state index < -0.39 is 0 Å². The number of fused-ring (bicyclic) bond motifs is 1. The molecule has 0 radical (unpaired) electrons. The Bertz CT molecular complexity index is 1350. The van der Waals surface area contributed by atoms with Crippen LogP contribution in [0, 0.1) is 5.92 Å². The van der Waals surface area contributed by atoms with Crippen LogP contribution in [0.4, 0.5) is 11.4 Å². The summed E-state index contributed by atoms with van der Waals surface area (Å²) >= 11 is 0. The number of methoxy groups -OCH3 is 2. The molecule has 0 saturated heterocycles. The van der Waals surface area contributed by atoms with Gasteiger partial charge < -0.3 is 24.6 Å². The van der Waals surface area contributed by atoms with Crippen LogP contribution in [0.25, 0.3) is 0 Å². The molecule has 36 heavy (non-hydrogen) atoms. The number of phenols is 1. The van der Waals surface area contributed by atoms with E-state index in [1.807, 2.05) is 78.9 Å². The van der Waals surface area contributed by atoms with E-state index in [1.54, 1.807) is 26.4 Å². The van der Waals surface area contributed by atoms with Crippen molar-refractivity contribution in [1.29, 1.82) is 0 Å². The lowest BCUT2D eigenvalue weighted by Gasteiger charge is -2.28. The largest absolute Gasteiger partial charge is 0.508 e. The van der Waals surface area contributed by atoms with Crippen molar-refractivity contribution in [2.75, 3.05) is 26.1 Å². The molecule has 0 saturated carbocycles. The molecule has 4 aromatic carbocycles. The Morgan fingerprint density at radius 2 is 1.58 bits per heavy atom. The normalized spacial score (nSPS) is 16.7. The number of benzene rings is 4. The van der Waals surface area contributed by atoms with Crippen molar-refractivity contribution in [2.24, 2.45) is 10.9 Å². The van der Waals surface area contributed by atoms with Crippen LogP contribution in [0.3, 0.4) is 0 Å². The zero-order chi connectivity index (χ0) is 24.9. The highest BCUT2D eigenvalue weighted by atomic mass is 16.5. The summed E-state index contributed by atoms with van der Waals surface area (Å²) < 4.78 is 17.5. The minimum atomic E-state index is -0.345. The molecule has 2 atom stereocenters. The first-order chi connectivity index (χ1) is 17.6. The third-order valence-corrected chi connectivity index (χ3v) is 6.28. The Kier molecular flexibility index (Phi) is 6.76. The molecule has 0 amide bonds. The van der Waals surface area contributed by atoms with Gasteiger partial charge in [-0.15, -0.1) is 0 Å². The Labute approximate surface area is 210 Å². The van der Waals surface area contributed by atoms with Gasteiger partial charge in [-0.1, -0.05) is 24.3 Å². The van der Waals surface area contributed by atoms with Crippen molar-refractivity contribution in [3.8, 4) is 23.0 Å². The molecule has 0 aliphatic carbocycles. The van der Waals surface area contributed by atoms with Crippen LogP contribution in [0.5, 0.6) is 23.0 Å². The number of hydrogen-bond acceptors (Lipinski definition) is 6. The topological polar surface area (TPSA) is 72.3 Å². The lowest BCUT2D eigenvalue weighted by atomic mass is 9.87. The fourth-order valence-electron chi connectivity index (χ4n) is 4.39. The van der Waals surface area contributed by atoms with Crippen molar-refractivity contribution in [1.82, 2.24) is 0 Å². The lowest BCUT2D eigenvalue weighted by Crippen LogP contribution is -2.32. The molecule has 0 fully saturated rings. The molecule has 6 heteroatoms. The smallest absolute Gasteiger partial charge is 0.145 e. The number of phenolic OH excluding ortho intramolecular Hbond substituents is 1. The van der Waals surface area contributed by atoms with Crippen molar-refractivity contribution >= 4 is 17.1 Å². The lowest BCUT2D eigenvalue weighted by molar-refractivity contribution is 0.175. The van der Waals surface area contributed by atoms with E-state index in [0.717, 1.165) is 39.7 Å². The first-order valence-electron chi connectivity index (χ1n) is 11.8. The maximum atomic E-state index is 9.92. The van der Waals surface area contributed by atoms with Gasteiger partial charge >= 0.3 is 0 Å². The molecule has 1 aliphatic heterocycles. The van der Waals surface area contributed by atoms with Crippen LogP contribution in [-0.4, -0.2) is 31.6 Å². The van der Waals surface area contributed by atoms with E-state index in [2.05, 4.69) is 11.4 Å². The first-order valence-corrected chi connectivity index (χ1v) is 11.8. The Morgan fingerprint density at radius 3 is 2.33 bits per heavy atom. The van der Waals surface area contributed by atoms with Gasteiger partial charge in [-0.2, -0.15) is 0 Å². The highest BCUT2D eigenvalue weighted by Crippen LogP contribution is 2.41. The summed E-state index contributed by atoms with van der Waals surface area (Å²) in [5.74, 6) is 2.32. The molecular formula is C30H28N2O4. The number of ether oxygens (including phenoxy) is 3. The van der Waals surface area contributed by atoms with E-state index in [9.17, 15) is 5.11 Å². The van der Waals surface area contributed by atoms with Crippen LogP contribution in [-0.2, 0) is 0 Å². The van der Waals surface area contributed by atoms with Gasteiger partial charge in [0.05, 0.1) is 25.8 Å². The molecule has 1 aliphatic rings. The number of aliphatic imine (C=N–C) groups is 1. The van der Waals surface area contributed by atoms with Crippen LogP contribution in [0.2, 0.25) is 0 Å². The van der Waals surface area contributed by atoms with Gasteiger partial charge in [0, 0.05) is 12.2 Å². The second-order valence-electron chi connectivity index (χ2n) is 8.54. The third kappa shape index (κ3) is 4.98. The quantitative estimate of drug-likeness (QED) is 0.321. The predicted octanol–water partition coefficient (Wildman–Crippen LogP) is 6.39. The summed E-state index contributed by atoms with van der Waals surface area (Å²) in [6, 6.07) is 30.8. The van der Waals surface area contributed by atoms with Crippen molar-refractivity contribution in [3.63, 3.8) is 0 Å². The van der Waals surface area contributed by atoms with E-state index in [4.69, 9.17) is 19.2 Å². The number of para-hydroxylation sites is 2. The fourth-order valence-corrected chi connectivity index (χ4v) is 4.39. The molecule has 4 aromatic rings. The van der Waals surface area contributed by atoms with E-state index in [1.165, 1.54) is 0 Å². The van der Waals surface area contributed by atoms with Crippen LogP contribution in [0.1, 0.15) is 17.2 Å². The zero-order valence-corrected chi connectivity index (χ0v) is 20.2. The summed E-state index contributed by atoms with van der Waals surface area (Å²) in [7, 11) is 3.32. The van der Waals surface area contributed by atoms with E-state index in [0.29, 0.717) is 12.3 Å². The minimum absolute atomic E-state index is 0.170. The van der Waals surface area contributed by atoms with Gasteiger partial charge in [0.2, 0.25) is 0 Å².